The Morgan fingerprint density at radius 2 is 1.55 bits per heavy atom. The number of carbonyl (C=O) groups excluding carboxylic acids is 1. The van der Waals surface area contributed by atoms with Gasteiger partial charge in [0.1, 0.15) is 6.54 Å². The van der Waals surface area contributed by atoms with E-state index in [2.05, 4.69) is 24.4 Å². The second-order valence-electron chi connectivity index (χ2n) is 7.64. The molecule has 5 nitrogen and oxygen atoms in total. The number of amides is 1. The van der Waals surface area contributed by atoms with Crippen LogP contribution >= 0.6 is 11.8 Å². The first kappa shape index (κ1) is 24.9. The summed E-state index contributed by atoms with van der Waals surface area (Å²) in [4.78, 5) is 12.9. The van der Waals surface area contributed by atoms with Crippen LogP contribution in [0, 0.1) is 6.92 Å². The zero-order valence-electron chi connectivity index (χ0n) is 19.0. The Kier molecular flexibility index (Phi) is 8.97. The van der Waals surface area contributed by atoms with Crippen LogP contribution in [0.2, 0.25) is 0 Å². The molecule has 3 aromatic rings. The second kappa shape index (κ2) is 11.9. The van der Waals surface area contributed by atoms with Gasteiger partial charge in [0.05, 0.1) is 10.6 Å². The normalized spacial score (nSPS) is 11.2. The Morgan fingerprint density at radius 1 is 0.909 bits per heavy atom. The van der Waals surface area contributed by atoms with Gasteiger partial charge in [0.15, 0.2) is 0 Å². The standard InChI is InChI=1S/C26H30N2O3S2/c1-3-22-12-9-10-16-25(22)28(33(30,31)24-14-5-4-6-15-24)19-26(29)27-17-18-32-20-23-13-8-7-11-21(23)2/h4-16H,3,17-20H2,1-2H3,(H,27,29). The summed E-state index contributed by atoms with van der Waals surface area (Å²) in [5, 5.41) is 2.88. The van der Waals surface area contributed by atoms with E-state index in [0.29, 0.717) is 18.7 Å². The molecule has 33 heavy (non-hydrogen) atoms. The molecular weight excluding hydrogens is 452 g/mol. The summed E-state index contributed by atoms with van der Waals surface area (Å²) in [5.41, 5.74) is 3.95. The number of rotatable bonds is 11. The second-order valence-corrected chi connectivity index (χ2v) is 10.6. The number of nitrogens with zero attached hydrogens (tertiary/aromatic N) is 1. The third kappa shape index (κ3) is 6.62. The molecule has 3 rings (SSSR count). The Labute approximate surface area is 201 Å². The molecule has 0 atom stereocenters. The Hall–Kier alpha value is -2.77. The third-order valence-corrected chi connectivity index (χ3v) is 8.13. The number of nitrogens with one attached hydrogen (secondary N) is 1. The molecule has 0 heterocycles. The van der Waals surface area contributed by atoms with Crippen molar-refractivity contribution in [3.8, 4) is 0 Å². The molecule has 0 aliphatic rings. The van der Waals surface area contributed by atoms with E-state index in [4.69, 9.17) is 0 Å². The van der Waals surface area contributed by atoms with Gasteiger partial charge >= 0.3 is 0 Å². The van der Waals surface area contributed by atoms with E-state index in [0.717, 1.165) is 17.1 Å². The molecule has 3 aromatic carbocycles. The Bertz CT molecular complexity index is 1160. The maximum absolute atomic E-state index is 13.4. The number of hydrogen-bond donors (Lipinski definition) is 1. The molecule has 0 saturated carbocycles. The summed E-state index contributed by atoms with van der Waals surface area (Å²) >= 11 is 1.74. The van der Waals surface area contributed by atoms with Crippen molar-refractivity contribution in [3.63, 3.8) is 0 Å². The van der Waals surface area contributed by atoms with Crippen molar-refractivity contribution in [1.82, 2.24) is 5.32 Å². The quantitative estimate of drug-likeness (QED) is 0.399. The van der Waals surface area contributed by atoms with E-state index >= 15 is 0 Å². The van der Waals surface area contributed by atoms with Crippen molar-refractivity contribution in [1.29, 1.82) is 0 Å². The predicted octanol–water partition coefficient (Wildman–Crippen LogP) is 4.80. The molecule has 0 aliphatic heterocycles. The number of hydrogen-bond acceptors (Lipinski definition) is 4. The molecule has 0 saturated heterocycles. The van der Waals surface area contributed by atoms with E-state index < -0.39 is 10.0 Å². The lowest BCUT2D eigenvalue weighted by atomic mass is 10.1. The molecule has 0 fully saturated rings. The van der Waals surface area contributed by atoms with Crippen LogP contribution in [0.15, 0.2) is 83.8 Å². The van der Waals surface area contributed by atoms with Crippen molar-refractivity contribution in [2.75, 3.05) is 23.1 Å². The van der Waals surface area contributed by atoms with Crippen LogP contribution in [0.5, 0.6) is 0 Å². The molecule has 174 valence electrons. The number of thioether (sulfide) groups is 1. The number of aryl methyl sites for hydroxylation is 2. The van der Waals surface area contributed by atoms with Gasteiger partial charge in [0.2, 0.25) is 5.91 Å². The van der Waals surface area contributed by atoms with Gasteiger partial charge in [-0.2, -0.15) is 11.8 Å². The van der Waals surface area contributed by atoms with Crippen LogP contribution in [0.4, 0.5) is 5.69 Å². The maximum atomic E-state index is 13.4. The van der Waals surface area contributed by atoms with Crippen molar-refractivity contribution < 1.29 is 13.2 Å². The smallest absolute Gasteiger partial charge is 0.264 e. The molecule has 1 amide bonds. The van der Waals surface area contributed by atoms with Gasteiger partial charge in [-0.15, -0.1) is 0 Å². The summed E-state index contributed by atoms with van der Waals surface area (Å²) < 4.78 is 28.1. The Balaban J connectivity index is 1.67. The lowest BCUT2D eigenvalue weighted by molar-refractivity contribution is -0.119. The number of para-hydroxylation sites is 1. The van der Waals surface area contributed by atoms with Crippen molar-refractivity contribution in [2.24, 2.45) is 0 Å². The zero-order valence-corrected chi connectivity index (χ0v) is 20.7. The minimum Gasteiger partial charge on any atom is -0.354 e. The molecule has 0 aromatic heterocycles. The first-order chi connectivity index (χ1) is 15.9. The first-order valence-corrected chi connectivity index (χ1v) is 13.6. The van der Waals surface area contributed by atoms with Gasteiger partial charge in [0, 0.05) is 18.1 Å². The van der Waals surface area contributed by atoms with E-state index in [1.54, 1.807) is 54.2 Å². The van der Waals surface area contributed by atoms with Gasteiger partial charge in [-0.3, -0.25) is 9.10 Å². The Morgan fingerprint density at radius 3 is 2.24 bits per heavy atom. The SMILES string of the molecule is CCc1ccccc1N(CC(=O)NCCSCc1ccccc1C)S(=O)(=O)c1ccccc1. The van der Waals surface area contributed by atoms with Gasteiger partial charge < -0.3 is 5.32 Å². The van der Waals surface area contributed by atoms with Crippen LogP contribution in [-0.4, -0.2) is 33.2 Å². The van der Waals surface area contributed by atoms with Crippen molar-refractivity contribution in [2.45, 2.75) is 30.9 Å². The highest BCUT2D eigenvalue weighted by Crippen LogP contribution is 2.27. The van der Waals surface area contributed by atoms with E-state index in [-0.39, 0.29) is 17.3 Å². The minimum atomic E-state index is -3.89. The van der Waals surface area contributed by atoms with Crippen LogP contribution in [0.1, 0.15) is 23.6 Å². The van der Waals surface area contributed by atoms with E-state index in [1.165, 1.54) is 15.4 Å². The summed E-state index contributed by atoms with van der Waals surface area (Å²) in [6.45, 7) is 4.27. The molecule has 0 bridgehead atoms. The molecule has 0 unspecified atom stereocenters. The highest BCUT2D eigenvalue weighted by molar-refractivity contribution is 7.98. The highest BCUT2D eigenvalue weighted by atomic mass is 32.2. The fourth-order valence-electron chi connectivity index (χ4n) is 3.48. The minimum absolute atomic E-state index is 0.164. The fraction of sp³-hybridized carbons (Fsp3) is 0.269. The first-order valence-electron chi connectivity index (χ1n) is 11.0. The molecular formula is C26H30N2O3S2. The predicted molar refractivity (Wildman–Crippen MR) is 137 cm³/mol. The van der Waals surface area contributed by atoms with E-state index in [1.807, 2.05) is 31.2 Å². The van der Waals surface area contributed by atoms with Crippen molar-refractivity contribution >= 4 is 33.4 Å². The zero-order chi connectivity index (χ0) is 23.7. The topological polar surface area (TPSA) is 66.5 Å². The average Bonchev–Trinajstić information content (AvgIpc) is 2.84. The van der Waals surface area contributed by atoms with Crippen LogP contribution in [0.3, 0.4) is 0 Å². The van der Waals surface area contributed by atoms with Gasteiger partial charge in [0.25, 0.3) is 10.0 Å². The maximum Gasteiger partial charge on any atom is 0.264 e. The lowest BCUT2D eigenvalue weighted by Crippen LogP contribution is -2.41. The number of benzene rings is 3. The molecule has 0 radical (unpaired) electrons. The van der Waals surface area contributed by atoms with Gasteiger partial charge in [-0.25, -0.2) is 8.42 Å². The number of anilines is 1. The average molecular weight is 483 g/mol. The fourth-order valence-corrected chi connectivity index (χ4v) is 5.89. The third-order valence-electron chi connectivity index (χ3n) is 5.35. The van der Waals surface area contributed by atoms with Gasteiger partial charge in [-0.1, -0.05) is 67.6 Å². The van der Waals surface area contributed by atoms with Crippen molar-refractivity contribution in [3.05, 3.63) is 95.6 Å². The molecule has 0 spiro atoms. The number of sulfonamides is 1. The molecule has 0 aliphatic carbocycles. The summed E-state index contributed by atoms with van der Waals surface area (Å²) in [6.07, 6.45) is 0.661. The summed E-state index contributed by atoms with van der Waals surface area (Å²) in [6, 6.07) is 23.8. The summed E-state index contributed by atoms with van der Waals surface area (Å²) in [5.74, 6) is 1.30. The lowest BCUT2D eigenvalue weighted by Gasteiger charge is -2.26. The molecule has 7 heteroatoms. The number of carbonyl (C=O) groups is 1. The largest absolute Gasteiger partial charge is 0.354 e. The summed E-state index contributed by atoms with van der Waals surface area (Å²) in [7, 11) is -3.89. The highest BCUT2D eigenvalue weighted by Gasteiger charge is 2.28. The monoisotopic (exact) mass is 482 g/mol. The van der Waals surface area contributed by atoms with E-state index in [9.17, 15) is 13.2 Å². The van der Waals surface area contributed by atoms with Crippen LogP contribution in [0.25, 0.3) is 0 Å². The van der Waals surface area contributed by atoms with Gasteiger partial charge in [-0.05, 0) is 48.2 Å². The van der Waals surface area contributed by atoms with Crippen LogP contribution < -0.4 is 9.62 Å². The molecule has 1 N–H and O–H groups in total. The van der Waals surface area contributed by atoms with Crippen LogP contribution in [-0.2, 0) is 27.0 Å².